The Morgan fingerprint density at radius 1 is 0.892 bits per heavy atom. The maximum Gasteiger partial charge on any atom is 0.416 e. The molecule has 1 unspecified atom stereocenters. The molecule has 0 heterocycles. The standard InChI is InChI=1S/C27H27F3N2O5/c1-2-36-21-9-3-18(4-10-21)17-24(26(35)31-15-16-33)32-25(34)19-5-11-22(12-6-19)37-23-13-7-20(8-14-23)27(28,29)30/h3-14,24,33H,2,15-17H2,1H3,(H,31,35)(H,32,34). The van der Waals surface area contributed by atoms with Gasteiger partial charge in [0, 0.05) is 18.5 Å². The van der Waals surface area contributed by atoms with Crippen LogP contribution in [0.25, 0.3) is 0 Å². The largest absolute Gasteiger partial charge is 0.494 e. The van der Waals surface area contributed by atoms with Crippen molar-refractivity contribution in [1.82, 2.24) is 10.6 Å². The third-order valence-electron chi connectivity index (χ3n) is 5.24. The number of hydrogen-bond acceptors (Lipinski definition) is 5. The normalized spacial score (nSPS) is 11.9. The van der Waals surface area contributed by atoms with E-state index in [1.54, 1.807) is 24.3 Å². The van der Waals surface area contributed by atoms with Gasteiger partial charge in [-0.2, -0.15) is 13.2 Å². The van der Waals surface area contributed by atoms with Crippen LogP contribution in [0, 0.1) is 0 Å². The van der Waals surface area contributed by atoms with Gasteiger partial charge in [-0.3, -0.25) is 9.59 Å². The first-order valence-corrected chi connectivity index (χ1v) is 11.6. The van der Waals surface area contributed by atoms with E-state index in [9.17, 15) is 22.8 Å². The van der Waals surface area contributed by atoms with E-state index in [0.29, 0.717) is 18.1 Å². The van der Waals surface area contributed by atoms with Crippen molar-refractivity contribution in [2.75, 3.05) is 19.8 Å². The van der Waals surface area contributed by atoms with Crippen LogP contribution in [-0.4, -0.2) is 42.7 Å². The zero-order chi connectivity index (χ0) is 26.8. The molecule has 0 aliphatic carbocycles. The van der Waals surface area contributed by atoms with Gasteiger partial charge in [0.05, 0.1) is 18.8 Å². The van der Waals surface area contributed by atoms with Gasteiger partial charge in [0.15, 0.2) is 0 Å². The number of aliphatic hydroxyl groups excluding tert-OH is 1. The molecule has 7 nitrogen and oxygen atoms in total. The Morgan fingerprint density at radius 2 is 1.46 bits per heavy atom. The molecule has 0 fully saturated rings. The summed E-state index contributed by atoms with van der Waals surface area (Å²) in [5, 5.41) is 14.3. The number of aliphatic hydroxyl groups is 1. The fourth-order valence-electron chi connectivity index (χ4n) is 3.40. The lowest BCUT2D eigenvalue weighted by molar-refractivity contribution is -0.137. The Hall–Kier alpha value is -4.05. The predicted octanol–water partition coefficient (Wildman–Crippen LogP) is 4.35. The fraction of sp³-hybridized carbons (Fsp3) is 0.259. The molecule has 0 aliphatic heterocycles. The van der Waals surface area contributed by atoms with E-state index in [2.05, 4.69) is 10.6 Å². The van der Waals surface area contributed by atoms with Crippen LogP contribution in [0.1, 0.15) is 28.4 Å². The third-order valence-corrected chi connectivity index (χ3v) is 5.24. The van der Waals surface area contributed by atoms with Crippen LogP contribution in [-0.2, 0) is 17.4 Å². The van der Waals surface area contributed by atoms with Crippen LogP contribution in [0.5, 0.6) is 17.2 Å². The minimum atomic E-state index is -4.44. The molecule has 2 amide bonds. The van der Waals surface area contributed by atoms with Crippen molar-refractivity contribution in [3.05, 3.63) is 89.5 Å². The summed E-state index contributed by atoms with van der Waals surface area (Å²) in [4.78, 5) is 25.5. The molecule has 1 atom stereocenters. The van der Waals surface area contributed by atoms with Crippen molar-refractivity contribution >= 4 is 11.8 Å². The topological polar surface area (TPSA) is 96.9 Å². The van der Waals surface area contributed by atoms with Gasteiger partial charge < -0.3 is 25.2 Å². The van der Waals surface area contributed by atoms with E-state index in [1.165, 1.54) is 36.4 Å². The summed E-state index contributed by atoms with van der Waals surface area (Å²) < 4.78 is 49.1. The quantitative estimate of drug-likeness (QED) is 0.352. The first kappa shape index (κ1) is 27.5. The highest BCUT2D eigenvalue weighted by Crippen LogP contribution is 2.31. The second-order valence-electron chi connectivity index (χ2n) is 7.97. The highest BCUT2D eigenvalue weighted by Gasteiger charge is 2.30. The van der Waals surface area contributed by atoms with E-state index >= 15 is 0 Å². The predicted molar refractivity (Wildman–Crippen MR) is 131 cm³/mol. The molecule has 37 heavy (non-hydrogen) atoms. The monoisotopic (exact) mass is 516 g/mol. The van der Waals surface area contributed by atoms with Crippen molar-refractivity contribution in [3.63, 3.8) is 0 Å². The first-order valence-electron chi connectivity index (χ1n) is 11.6. The number of halogens is 3. The smallest absolute Gasteiger partial charge is 0.416 e. The van der Waals surface area contributed by atoms with Crippen molar-refractivity contribution in [3.8, 4) is 17.2 Å². The summed E-state index contributed by atoms with van der Waals surface area (Å²) in [5.41, 5.74) is 0.272. The van der Waals surface area contributed by atoms with Crippen LogP contribution in [0.15, 0.2) is 72.8 Å². The van der Waals surface area contributed by atoms with Crippen molar-refractivity contribution in [2.24, 2.45) is 0 Å². The van der Waals surface area contributed by atoms with Gasteiger partial charge in [0.2, 0.25) is 5.91 Å². The van der Waals surface area contributed by atoms with Gasteiger partial charge in [-0.05, 0) is 73.2 Å². The molecule has 10 heteroatoms. The van der Waals surface area contributed by atoms with E-state index in [1.807, 2.05) is 6.92 Å². The Kier molecular flexibility index (Phi) is 9.51. The Labute approximate surface area is 212 Å². The summed E-state index contributed by atoms with van der Waals surface area (Å²) in [7, 11) is 0. The van der Waals surface area contributed by atoms with Crippen LogP contribution < -0.4 is 20.1 Å². The Bertz CT molecular complexity index is 1160. The number of rotatable bonds is 11. The molecule has 196 valence electrons. The number of carbonyl (C=O) groups is 2. The number of hydrogen-bond donors (Lipinski definition) is 3. The molecule has 3 rings (SSSR count). The van der Waals surface area contributed by atoms with Crippen LogP contribution >= 0.6 is 0 Å². The van der Waals surface area contributed by atoms with Gasteiger partial charge in [-0.25, -0.2) is 0 Å². The molecule has 3 aromatic carbocycles. The second-order valence-corrected chi connectivity index (χ2v) is 7.97. The van der Waals surface area contributed by atoms with Gasteiger partial charge >= 0.3 is 6.18 Å². The number of benzene rings is 3. The number of carbonyl (C=O) groups excluding carboxylic acids is 2. The molecule has 3 aromatic rings. The van der Waals surface area contributed by atoms with E-state index in [0.717, 1.165) is 17.7 Å². The van der Waals surface area contributed by atoms with Crippen LogP contribution in [0.3, 0.4) is 0 Å². The second kappa shape index (κ2) is 12.8. The number of ether oxygens (including phenoxy) is 2. The first-order chi connectivity index (χ1) is 17.7. The van der Waals surface area contributed by atoms with Crippen LogP contribution in [0.4, 0.5) is 13.2 Å². The summed E-state index contributed by atoms with van der Waals surface area (Å²) in [6.45, 7) is 2.20. The molecule has 3 N–H and O–H groups in total. The number of nitrogens with one attached hydrogen (secondary N) is 2. The molecule has 0 saturated heterocycles. The van der Waals surface area contributed by atoms with Crippen molar-refractivity contribution < 1.29 is 37.3 Å². The highest BCUT2D eigenvalue weighted by molar-refractivity contribution is 5.97. The average molecular weight is 517 g/mol. The highest BCUT2D eigenvalue weighted by atomic mass is 19.4. The van der Waals surface area contributed by atoms with Gasteiger partial charge in [0.1, 0.15) is 23.3 Å². The molecule has 0 radical (unpaired) electrons. The molecule has 0 spiro atoms. The van der Waals surface area contributed by atoms with E-state index in [4.69, 9.17) is 14.6 Å². The van der Waals surface area contributed by atoms with Gasteiger partial charge in [-0.15, -0.1) is 0 Å². The van der Waals surface area contributed by atoms with Crippen molar-refractivity contribution in [2.45, 2.75) is 25.6 Å². The third kappa shape index (κ3) is 8.25. The maximum absolute atomic E-state index is 12.9. The lowest BCUT2D eigenvalue weighted by atomic mass is 10.0. The Balaban J connectivity index is 1.66. The minimum Gasteiger partial charge on any atom is -0.494 e. The molecule has 0 saturated carbocycles. The lowest BCUT2D eigenvalue weighted by Crippen LogP contribution is -2.48. The summed E-state index contributed by atoms with van der Waals surface area (Å²) in [5.74, 6) is 0.272. The summed E-state index contributed by atoms with van der Waals surface area (Å²) in [6.07, 6.45) is -4.22. The Morgan fingerprint density at radius 3 is 2.00 bits per heavy atom. The SMILES string of the molecule is CCOc1ccc(CC(NC(=O)c2ccc(Oc3ccc(C(F)(F)F)cc3)cc2)C(=O)NCCO)cc1. The van der Waals surface area contributed by atoms with Crippen molar-refractivity contribution in [1.29, 1.82) is 0 Å². The van der Waals surface area contributed by atoms with Crippen LogP contribution in [0.2, 0.25) is 0 Å². The molecule has 0 aromatic heterocycles. The number of alkyl halides is 3. The molecule has 0 bridgehead atoms. The van der Waals surface area contributed by atoms with Gasteiger partial charge in [-0.1, -0.05) is 12.1 Å². The number of amides is 2. The minimum absolute atomic E-state index is 0.0461. The maximum atomic E-state index is 12.9. The molecule has 0 aliphatic rings. The molecular formula is C27H27F3N2O5. The summed E-state index contributed by atoms with van der Waals surface area (Å²) >= 11 is 0. The fourth-order valence-corrected chi connectivity index (χ4v) is 3.40. The lowest BCUT2D eigenvalue weighted by Gasteiger charge is -2.19. The summed E-state index contributed by atoms with van der Waals surface area (Å²) in [6, 6.07) is 16.5. The zero-order valence-corrected chi connectivity index (χ0v) is 20.0. The van der Waals surface area contributed by atoms with E-state index in [-0.39, 0.29) is 30.9 Å². The molecular weight excluding hydrogens is 489 g/mol. The average Bonchev–Trinajstić information content (AvgIpc) is 2.88. The van der Waals surface area contributed by atoms with Gasteiger partial charge in [0.25, 0.3) is 5.91 Å². The zero-order valence-electron chi connectivity index (χ0n) is 20.0. The van der Waals surface area contributed by atoms with E-state index < -0.39 is 29.6 Å².